The monoisotopic (exact) mass is 536 g/mol. The summed E-state index contributed by atoms with van der Waals surface area (Å²) in [5.41, 5.74) is 1.01. The molecule has 2 aromatic rings. The predicted octanol–water partition coefficient (Wildman–Crippen LogP) is 0.428. The van der Waals surface area contributed by atoms with Gasteiger partial charge in [-0.25, -0.2) is 4.52 Å². The Morgan fingerprint density at radius 2 is 2.00 bits per heavy atom. The van der Waals surface area contributed by atoms with Crippen LogP contribution in [-0.4, -0.2) is 96.3 Å². The lowest BCUT2D eigenvalue weighted by Crippen LogP contribution is -2.44. The smallest absolute Gasteiger partial charge is 0.361 e. The van der Waals surface area contributed by atoms with Crippen LogP contribution in [-0.2, 0) is 18.8 Å². The van der Waals surface area contributed by atoms with E-state index in [1.807, 2.05) is 0 Å². The Labute approximate surface area is 206 Å². The molecular weight excluding hydrogens is 507 g/mol. The quantitative estimate of drug-likeness (QED) is 0.230. The zero-order valence-corrected chi connectivity index (χ0v) is 20.7. The number of hydrogen-bond donors (Lipinski definition) is 6. The van der Waals surface area contributed by atoms with E-state index in [0.717, 1.165) is 25.7 Å². The molecule has 3 heterocycles. The number of methoxy groups -OCH3 is 1. The van der Waals surface area contributed by atoms with Crippen LogP contribution in [0.4, 0.5) is 5.82 Å². The number of aromatic nitrogens is 3. The van der Waals surface area contributed by atoms with E-state index in [2.05, 4.69) is 15.4 Å². The molecule has 0 radical (unpaired) electrons. The number of nitrogens with one attached hydrogen (secondary N) is 1. The van der Waals surface area contributed by atoms with E-state index in [1.54, 1.807) is 12.1 Å². The number of anilines is 1. The average Bonchev–Trinajstić information content (AvgIpc) is 3.52. The Kier molecular flexibility index (Phi) is 8.04. The van der Waals surface area contributed by atoms with Crippen molar-refractivity contribution < 1.29 is 43.9 Å². The van der Waals surface area contributed by atoms with Gasteiger partial charge < -0.3 is 44.6 Å². The first kappa shape index (κ1) is 26.7. The second kappa shape index (κ2) is 10.5. The molecule has 6 N–H and O–H groups in total. The largest absolute Gasteiger partial charge is 0.393 e. The topological polar surface area (TPSA) is 188 Å². The number of halogens is 1. The predicted molar refractivity (Wildman–Crippen MR) is 123 cm³/mol. The lowest BCUT2D eigenvalue weighted by molar-refractivity contribution is -0.119. The molecule has 4 rings (SSSR count). The summed E-state index contributed by atoms with van der Waals surface area (Å²) < 4.78 is 29.4. The lowest BCUT2D eigenvalue weighted by Gasteiger charge is -2.32. The minimum absolute atomic E-state index is 0.0164. The van der Waals surface area contributed by atoms with Crippen molar-refractivity contribution in [2.24, 2.45) is 0 Å². The average molecular weight is 537 g/mol. The van der Waals surface area contributed by atoms with E-state index in [4.69, 9.17) is 25.8 Å². The molecule has 35 heavy (non-hydrogen) atoms. The molecule has 0 aromatic carbocycles. The van der Waals surface area contributed by atoms with Gasteiger partial charge in [-0.3, -0.25) is 4.57 Å². The van der Waals surface area contributed by atoms with Crippen molar-refractivity contribution in [2.75, 3.05) is 32.2 Å². The van der Waals surface area contributed by atoms with Crippen molar-refractivity contribution in [2.45, 2.75) is 61.5 Å². The highest BCUT2D eigenvalue weighted by Gasteiger charge is 2.51. The summed E-state index contributed by atoms with van der Waals surface area (Å²) in [5.74, 6) is 0.546. The number of ether oxygens (including phenoxy) is 3. The van der Waals surface area contributed by atoms with Crippen LogP contribution in [0.2, 0.25) is 5.28 Å². The molecule has 1 aliphatic carbocycles. The minimum atomic E-state index is -4.97. The van der Waals surface area contributed by atoms with Crippen molar-refractivity contribution in [3.63, 3.8) is 0 Å². The Hall–Kier alpha value is -1.38. The Morgan fingerprint density at radius 1 is 1.29 bits per heavy atom. The number of aliphatic hydroxyl groups is 3. The van der Waals surface area contributed by atoms with Gasteiger partial charge in [0.25, 0.3) is 0 Å². The molecule has 0 spiro atoms. The van der Waals surface area contributed by atoms with Crippen LogP contribution in [0.5, 0.6) is 0 Å². The highest BCUT2D eigenvalue weighted by Crippen LogP contribution is 2.51. The van der Waals surface area contributed by atoms with Gasteiger partial charge in [0.1, 0.15) is 29.9 Å². The second-order valence-electron chi connectivity index (χ2n) is 8.88. The maximum Gasteiger partial charge on any atom is 0.361 e. The summed E-state index contributed by atoms with van der Waals surface area (Å²) in [6.45, 7) is -2.16. The van der Waals surface area contributed by atoms with Crippen LogP contribution in [0.25, 0.3) is 5.52 Å². The van der Waals surface area contributed by atoms with E-state index in [1.165, 1.54) is 11.6 Å². The Bertz CT molecular complexity index is 1080. The third kappa shape index (κ3) is 5.21. The summed E-state index contributed by atoms with van der Waals surface area (Å²) in [7, 11) is -3.78. The first-order valence-corrected chi connectivity index (χ1v) is 13.2. The SMILES string of the molecule is COC[C@](CO)(OC[C@H]1O[C@@H](c2ccc3c(NC4CCCC4)nc(Cl)nn23)[C@H](O)[C@@H]1O)P(=O)(O)O. The van der Waals surface area contributed by atoms with E-state index in [0.29, 0.717) is 17.0 Å². The molecule has 196 valence electrons. The number of fused-ring (bicyclic) bond motifs is 1. The molecule has 13 nitrogen and oxygen atoms in total. The summed E-state index contributed by atoms with van der Waals surface area (Å²) in [5, 5.41) is 36.2. The van der Waals surface area contributed by atoms with Crippen LogP contribution in [0.15, 0.2) is 12.1 Å². The third-order valence-corrected chi connectivity index (χ3v) is 8.15. The molecule has 1 saturated carbocycles. The van der Waals surface area contributed by atoms with Crippen LogP contribution in [0, 0.1) is 0 Å². The van der Waals surface area contributed by atoms with Gasteiger partial charge in [-0.05, 0) is 36.6 Å². The van der Waals surface area contributed by atoms with Crippen molar-refractivity contribution in [3.05, 3.63) is 23.1 Å². The molecule has 15 heteroatoms. The van der Waals surface area contributed by atoms with Gasteiger partial charge in [0.15, 0.2) is 5.82 Å². The van der Waals surface area contributed by atoms with Gasteiger partial charge in [0.05, 0.1) is 25.5 Å². The van der Waals surface area contributed by atoms with Crippen LogP contribution in [0.3, 0.4) is 0 Å². The van der Waals surface area contributed by atoms with Crippen LogP contribution >= 0.6 is 19.2 Å². The fourth-order valence-corrected chi connectivity index (χ4v) is 5.45. The van der Waals surface area contributed by atoms with Crippen molar-refractivity contribution in [3.8, 4) is 0 Å². The second-order valence-corrected chi connectivity index (χ2v) is 11.1. The molecule has 0 bridgehead atoms. The molecule has 1 aliphatic heterocycles. The van der Waals surface area contributed by atoms with E-state index < -0.39 is 57.2 Å². The molecule has 5 atom stereocenters. The van der Waals surface area contributed by atoms with Gasteiger partial charge in [0.2, 0.25) is 10.6 Å². The van der Waals surface area contributed by atoms with Gasteiger partial charge >= 0.3 is 7.60 Å². The summed E-state index contributed by atoms with van der Waals surface area (Å²) >= 11 is 6.16. The zero-order valence-electron chi connectivity index (χ0n) is 19.0. The molecule has 2 aromatic heterocycles. The number of aliphatic hydroxyl groups excluding tert-OH is 3. The number of rotatable bonds is 10. The van der Waals surface area contributed by atoms with Gasteiger partial charge in [-0.15, -0.1) is 5.10 Å². The molecular formula is C20H30ClN4O9P. The Morgan fingerprint density at radius 3 is 2.63 bits per heavy atom. The maximum absolute atomic E-state index is 12.0. The first-order valence-electron chi connectivity index (χ1n) is 11.2. The number of hydrogen-bond acceptors (Lipinski definition) is 10. The van der Waals surface area contributed by atoms with E-state index in [9.17, 15) is 29.7 Å². The highest BCUT2D eigenvalue weighted by molar-refractivity contribution is 7.53. The molecule has 0 amide bonds. The first-order chi connectivity index (χ1) is 16.6. The minimum Gasteiger partial charge on any atom is -0.393 e. The highest BCUT2D eigenvalue weighted by atomic mass is 35.5. The maximum atomic E-state index is 12.0. The summed E-state index contributed by atoms with van der Waals surface area (Å²) in [4.78, 5) is 23.7. The standard InChI is InChI=1S/C20H30ClN4O9P/c1-32-10-20(9-26,35(29,30)31)33-8-14-15(27)16(28)17(34-14)12-6-7-13-18(22-11-4-2-3-5-11)23-19(21)24-25(12)13/h6-7,11,14-17,26-28H,2-5,8-10H2,1H3,(H,22,23,24)(H2,29,30,31)/t14-,15-,16-,17+,20-/m1/s1. The van der Waals surface area contributed by atoms with E-state index in [-0.39, 0.29) is 11.3 Å². The number of nitrogens with zero attached hydrogens (tertiary/aromatic N) is 3. The lowest BCUT2D eigenvalue weighted by atomic mass is 10.1. The fraction of sp³-hybridized carbons (Fsp3) is 0.700. The molecule has 2 aliphatic rings. The van der Waals surface area contributed by atoms with Crippen molar-refractivity contribution >= 4 is 30.5 Å². The van der Waals surface area contributed by atoms with Gasteiger partial charge in [-0.1, -0.05) is 12.8 Å². The molecule has 0 unspecified atom stereocenters. The normalized spacial score (nSPS) is 27.5. The van der Waals surface area contributed by atoms with Crippen LogP contribution < -0.4 is 5.32 Å². The van der Waals surface area contributed by atoms with Crippen molar-refractivity contribution in [1.29, 1.82) is 0 Å². The Balaban J connectivity index is 1.56. The van der Waals surface area contributed by atoms with E-state index >= 15 is 0 Å². The van der Waals surface area contributed by atoms with Crippen molar-refractivity contribution in [1.82, 2.24) is 14.6 Å². The molecule has 1 saturated heterocycles. The zero-order chi connectivity index (χ0) is 25.4. The van der Waals surface area contributed by atoms with Crippen LogP contribution in [0.1, 0.15) is 37.5 Å². The third-order valence-electron chi connectivity index (χ3n) is 6.53. The summed E-state index contributed by atoms with van der Waals surface area (Å²) in [6.07, 6.45) is -0.758. The fourth-order valence-electron chi connectivity index (χ4n) is 4.56. The molecule has 2 fully saturated rings. The summed E-state index contributed by atoms with van der Waals surface area (Å²) in [6, 6.07) is 3.69. The van der Waals surface area contributed by atoms with Gasteiger partial charge in [0, 0.05) is 13.2 Å². The van der Waals surface area contributed by atoms with Gasteiger partial charge in [-0.2, -0.15) is 4.98 Å².